The fourth-order valence-corrected chi connectivity index (χ4v) is 1.46. The SMILES string of the molecule is O=C1NC(=O)[C@H](Cc2cn(CCO)nn2)N1. The van der Waals surface area contributed by atoms with E-state index in [1.165, 1.54) is 4.68 Å². The van der Waals surface area contributed by atoms with Crippen molar-refractivity contribution in [3.63, 3.8) is 0 Å². The zero-order valence-electron chi connectivity index (χ0n) is 8.38. The number of imide groups is 1. The zero-order valence-corrected chi connectivity index (χ0v) is 8.38. The Morgan fingerprint density at radius 1 is 1.50 bits per heavy atom. The molecule has 86 valence electrons. The molecule has 0 radical (unpaired) electrons. The van der Waals surface area contributed by atoms with Crippen LogP contribution in [0, 0.1) is 0 Å². The Balaban J connectivity index is 1.98. The van der Waals surface area contributed by atoms with Gasteiger partial charge in [-0.05, 0) is 0 Å². The standard InChI is InChI=1S/C8H11N5O3/c14-2-1-13-4-5(11-12-13)3-6-7(15)10-8(16)9-6/h4,6,14H,1-3H2,(H2,9,10,15,16)/t6-/m0/s1. The van der Waals surface area contributed by atoms with E-state index in [-0.39, 0.29) is 12.5 Å². The molecule has 3 amide bonds. The van der Waals surface area contributed by atoms with Gasteiger partial charge in [-0.25, -0.2) is 9.48 Å². The molecule has 1 aromatic heterocycles. The molecule has 0 aromatic carbocycles. The van der Waals surface area contributed by atoms with Crippen LogP contribution in [0.25, 0.3) is 0 Å². The maximum absolute atomic E-state index is 11.2. The van der Waals surface area contributed by atoms with E-state index in [2.05, 4.69) is 20.9 Å². The highest BCUT2D eigenvalue weighted by Gasteiger charge is 2.30. The smallest absolute Gasteiger partial charge is 0.322 e. The number of carbonyl (C=O) groups is 2. The first-order valence-corrected chi connectivity index (χ1v) is 4.80. The van der Waals surface area contributed by atoms with Gasteiger partial charge in [0.05, 0.1) is 18.8 Å². The predicted octanol–water partition coefficient (Wildman–Crippen LogP) is -1.98. The summed E-state index contributed by atoms with van der Waals surface area (Å²) in [7, 11) is 0. The first kappa shape index (κ1) is 10.6. The summed E-state index contributed by atoms with van der Waals surface area (Å²) in [5.74, 6) is -0.360. The lowest BCUT2D eigenvalue weighted by atomic mass is 10.2. The Morgan fingerprint density at radius 2 is 2.31 bits per heavy atom. The molecule has 0 aliphatic carbocycles. The molecule has 0 saturated carbocycles. The number of hydrogen-bond acceptors (Lipinski definition) is 5. The molecule has 0 spiro atoms. The van der Waals surface area contributed by atoms with Crippen molar-refractivity contribution in [3.05, 3.63) is 11.9 Å². The van der Waals surface area contributed by atoms with Gasteiger partial charge in [-0.2, -0.15) is 0 Å². The Bertz CT molecular complexity index is 416. The topological polar surface area (TPSA) is 109 Å². The van der Waals surface area contributed by atoms with Crippen LogP contribution in [0.2, 0.25) is 0 Å². The quantitative estimate of drug-likeness (QED) is 0.514. The zero-order chi connectivity index (χ0) is 11.5. The molecule has 1 aliphatic heterocycles. The van der Waals surface area contributed by atoms with Crippen molar-refractivity contribution in [1.82, 2.24) is 25.6 Å². The number of carbonyl (C=O) groups excluding carboxylic acids is 2. The number of hydrogen-bond donors (Lipinski definition) is 3. The van der Waals surface area contributed by atoms with Crippen LogP contribution < -0.4 is 10.6 Å². The highest BCUT2D eigenvalue weighted by atomic mass is 16.3. The monoisotopic (exact) mass is 225 g/mol. The van der Waals surface area contributed by atoms with Crippen molar-refractivity contribution in [2.45, 2.75) is 19.0 Å². The van der Waals surface area contributed by atoms with Gasteiger partial charge in [0.15, 0.2) is 0 Å². The molecule has 1 fully saturated rings. The van der Waals surface area contributed by atoms with Crippen molar-refractivity contribution in [2.24, 2.45) is 0 Å². The normalized spacial score (nSPS) is 19.7. The molecule has 2 heterocycles. The van der Waals surface area contributed by atoms with Crippen LogP contribution in [0.1, 0.15) is 5.69 Å². The van der Waals surface area contributed by atoms with Gasteiger partial charge in [0.1, 0.15) is 6.04 Å². The fourth-order valence-electron chi connectivity index (χ4n) is 1.46. The number of amides is 3. The van der Waals surface area contributed by atoms with Gasteiger partial charge in [-0.1, -0.05) is 5.21 Å². The minimum atomic E-state index is -0.591. The number of aliphatic hydroxyl groups is 1. The third-order valence-corrected chi connectivity index (χ3v) is 2.19. The first-order valence-electron chi connectivity index (χ1n) is 4.80. The average molecular weight is 225 g/mol. The molecular weight excluding hydrogens is 214 g/mol. The molecule has 0 unspecified atom stereocenters. The minimum Gasteiger partial charge on any atom is -0.394 e. The van der Waals surface area contributed by atoms with Gasteiger partial charge < -0.3 is 10.4 Å². The van der Waals surface area contributed by atoms with E-state index in [1.807, 2.05) is 0 Å². The van der Waals surface area contributed by atoms with E-state index in [0.29, 0.717) is 18.7 Å². The maximum Gasteiger partial charge on any atom is 0.322 e. The fraction of sp³-hybridized carbons (Fsp3) is 0.500. The molecule has 1 saturated heterocycles. The number of urea groups is 1. The van der Waals surface area contributed by atoms with E-state index < -0.39 is 12.1 Å². The van der Waals surface area contributed by atoms with Crippen LogP contribution in [-0.4, -0.2) is 44.7 Å². The molecule has 8 heteroatoms. The number of aromatic nitrogens is 3. The Morgan fingerprint density at radius 3 is 2.94 bits per heavy atom. The molecule has 0 bridgehead atoms. The van der Waals surface area contributed by atoms with Crippen LogP contribution in [0.4, 0.5) is 4.79 Å². The highest BCUT2D eigenvalue weighted by molar-refractivity contribution is 6.04. The van der Waals surface area contributed by atoms with Crippen LogP contribution in [0.3, 0.4) is 0 Å². The highest BCUT2D eigenvalue weighted by Crippen LogP contribution is 2.02. The molecule has 1 aromatic rings. The van der Waals surface area contributed by atoms with Crippen LogP contribution in [0.15, 0.2) is 6.20 Å². The van der Waals surface area contributed by atoms with E-state index in [9.17, 15) is 9.59 Å². The largest absolute Gasteiger partial charge is 0.394 e. The van der Waals surface area contributed by atoms with E-state index in [1.54, 1.807) is 6.20 Å². The molecule has 1 atom stereocenters. The number of nitrogens with zero attached hydrogens (tertiary/aromatic N) is 3. The van der Waals surface area contributed by atoms with Gasteiger partial charge in [-0.3, -0.25) is 10.1 Å². The molecule has 8 nitrogen and oxygen atoms in total. The summed E-state index contributed by atoms with van der Waals surface area (Å²) >= 11 is 0. The van der Waals surface area contributed by atoms with Crippen molar-refractivity contribution >= 4 is 11.9 Å². The second kappa shape index (κ2) is 4.27. The minimum absolute atomic E-state index is 0.0244. The van der Waals surface area contributed by atoms with Gasteiger partial charge in [-0.15, -0.1) is 5.10 Å². The molecule has 1 aliphatic rings. The van der Waals surface area contributed by atoms with Crippen molar-refractivity contribution in [3.8, 4) is 0 Å². The lowest BCUT2D eigenvalue weighted by Crippen LogP contribution is -2.31. The third kappa shape index (κ3) is 2.16. The summed E-state index contributed by atoms with van der Waals surface area (Å²) < 4.78 is 1.48. The average Bonchev–Trinajstić information content (AvgIpc) is 2.76. The van der Waals surface area contributed by atoms with Crippen molar-refractivity contribution in [2.75, 3.05) is 6.61 Å². The number of rotatable bonds is 4. The van der Waals surface area contributed by atoms with Crippen LogP contribution >= 0.6 is 0 Å². The molecule has 3 N–H and O–H groups in total. The van der Waals surface area contributed by atoms with Crippen LogP contribution in [-0.2, 0) is 17.8 Å². The Labute approximate surface area is 90.6 Å². The van der Waals surface area contributed by atoms with Gasteiger partial charge >= 0.3 is 6.03 Å². The van der Waals surface area contributed by atoms with Gasteiger partial charge in [0.2, 0.25) is 0 Å². The number of nitrogens with one attached hydrogen (secondary N) is 2. The summed E-state index contributed by atoms with van der Waals surface area (Å²) in [6.07, 6.45) is 1.93. The second-order valence-electron chi connectivity index (χ2n) is 3.42. The predicted molar refractivity (Wildman–Crippen MR) is 51.3 cm³/mol. The second-order valence-corrected chi connectivity index (χ2v) is 3.42. The van der Waals surface area contributed by atoms with Crippen LogP contribution in [0.5, 0.6) is 0 Å². The first-order chi connectivity index (χ1) is 7.69. The van der Waals surface area contributed by atoms with E-state index in [4.69, 9.17) is 5.11 Å². The van der Waals surface area contributed by atoms with E-state index >= 15 is 0 Å². The van der Waals surface area contributed by atoms with Gasteiger partial charge in [0.25, 0.3) is 5.91 Å². The van der Waals surface area contributed by atoms with E-state index in [0.717, 1.165) is 0 Å². The maximum atomic E-state index is 11.2. The molecular formula is C8H11N5O3. The third-order valence-electron chi connectivity index (χ3n) is 2.19. The molecule has 16 heavy (non-hydrogen) atoms. The molecule has 2 rings (SSSR count). The lowest BCUT2D eigenvalue weighted by Gasteiger charge is -2.02. The summed E-state index contributed by atoms with van der Waals surface area (Å²) in [4.78, 5) is 22.1. The summed E-state index contributed by atoms with van der Waals surface area (Å²) in [5.41, 5.74) is 0.593. The van der Waals surface area contributed by atoms with Crippen molar-refractivity contribution < 1.29 is 14.7 Å². The summed E-state index contributed by atoms with van der Waals surface area (Å²) in [5, 5.41) is 20.9. The Kier molecular flexibility index (Phi) is 2.82. The van der Waals surface area contributed by atoms with Crippen molar-refractivity contribution in [1.29, 1.82) is 0 Å². The summed E-state index contributed by atoms with van der Waals surface area (Å²) in [6.45, 7) is 0.333. The number of aliphatic hydroxyl groups excluding tert-OH is 1. The Hall–Kier alpha value is -1.96. The summed E-state index contributed by atoms with van der Waals surface area (Å²) in [6, 6.07) is -1.08. The lowest BCUT2D eigenvalue weighted by molar-refractivity contribution is -0.120. The van der Waals surface area contributed by atoms with Gasteiger partial charge in [0, 0.05) is 12.6 Å².